The summed E-state index contributed by atoms with van der Waals surface area (Å²) in [5, 5.41) is 8.22. The van der Waals surface area contributed by atoms with Gasteiger partial charge >= 0.3 is 6.18 Å². The highest BCUT2D eigenvalue weighted by molar-refractivity contribution is 8.01. The second kappa shape index (κ2) is 7.61. The lowest BCUT2D eigenvalue weighted by Gasteiger charge is -2.16. The molecule has 1 aromatic heterocycles. The van der Waals surface area contributed by atoms with Crippen molar-refractivity contribution in [1.29, 1.82) is 5.26 Å². The van der Waals surface area contributed by atoms with E-state index in [1.807, 2.05) is 0 Å². The average molecular weight is 401 g/mol. The van der Waals surface area contributed by atoms with Crippen LogP contribution in [0.15, 0.2) is 17.1 Å². The molecule has 0 saturated carbocycles. The number of rotatable bonds is 4. The molecule has 0 bridgehead atoms. The van der Waals surface area contributed by atoms with Crippen molar-refractivity contribution in [3.05, 3.63) is 28.4 Å². The van der Waals surface area contributed by atoms with E-state index in [-0.39, 0.29) is 7.11 Å². The summed E-state index contributed by atoms with van der Waals surface area (Å²) < 4.78 is 77.3. The average Bonchev–Trinajstić information content (AvgIpc) is 2.96. The molecule has 2 heterocycles. The van der Waals surface area contributed by atoms with Crippen LogP contribution in [0.5, 0.6) is 0 Å². The molecular formula is C14H13F6N3O2S. The largest absolute Gasteiger partial charge is 0.393 e. The van der Waals surface area contributed by atoms with E-state index >= 15 is 0 Å². The number of nitrogens with zero attached hydrogens (tertiary/aromatic N) is 2. The third-order valence-corrected chi connectivity index (χ3v) is 5.09. The fraction of sp³-hybridized carbons (Fsp3) is 0.500. The molecular weight excluding hydrogens is 388 g/mol. The van der Waals surface area contributed by atoms with E-state index in [9.17, 15) is 35.9 Å². The molecule has 1 amide bonds. The summed E-state index contributed by atoms with van der Waals surface area (Å²) >= 11 is 0.520. The van der Waals surface area contributed by atoms with Crippen LogP contribution in [0, 0.1) is 23.1 Å². The molecule has 5 nitrogen and oxygen atoms in total. The Kier molecular flexibility index (Phi) is 5.90. The van der Waals surface area contributed by atoms with Crippen LogP contribution in [-0.2, 0) is 11.3 Å². The number of nitrogens with one attached hydrogen (secondary N) is 1. The van der Waals surface area contributed by atoms with Crippen LogP contribution in [0.25, 0.3) is 0 Å². The van der Waals surface area contributed by atoms with Gasteiger partial charge in [0.25, 0.3) is 12.0 Å². The Morgan fingerprint density at radius 3 is 2.65 bits per heavy atom. The van der Waals surface area contributed by atoms with E-state index in [0.717, 1.165) is 6.20 Å². The summed E-state index contributed by atoms with van der Waals surface area (Å²) in [6, 6.07) is 2.08. The van der Waals surface area contributed by atoms with Gasteiger partial charge in [0.2, 0.25) is 5.91 Å². The molecule has 0 aliphatic carbocycles. The number of nitriles is 1. The Morgan fingerprint density at radius 1 is 1.50 bits per heavy atom. The second-order valence-corrected chi connectivity index (χ2v) is 6.82. The van der Waals surface area contributed by atoms with Crippen LogP contribution >= 0.6 is 11.8 Å². The molecule has 1 aliphatic rings. The molecule has 26 heavy (non-hydrogen) atoms. The minimum Gasteiger partial charge on any atom is -0.324 e. The molecule has 3 unspecified atom stereocenters. The molecule has 1 N–H and O–H groups in total. The Hall–Kier alpha value is -2.16. The molecule has 1 aliphatic heterocycles. The number of alkyl halides is 5. The second-order valence-electron chi connectivity index (χ2n) is 5.47. The van der Waals surface area contributed by atoms with Crippen LogP contribution < -0.4 is 10.9 Å². The van der Waals surface area contributed by atoms with Crippen LogP contribution in [0.1, 0.15) is 7.85 Å². The highest BCUT2D eigenvalue weighted by Gasteiger charge is 2.52. The Labute approximate surface area is 148 Å². The number of carbonyl (C=O) groups excluding carboxylic acids is 1. The molecule has 12 heteroatoms. The Balaban J connectivity index is 0.00000364. The maximum Gasteiger partial charge on any atom is 0.393 e. The number of hydrogen-bond donors (Lipinski definition) is 1. The van der Waals surface area contributed by atoms with E-state index in [1.165, 1.54) is 6.07 Å². The third kappa shape index (κ3) is 4.51. The lowest BCUT2D eigenvalue weighted by Crippen LogP contribution is -2.30. The molecule has 2 rings (SSSR count). The van der Waals surface area contributed by atoms with E-state index in [1.54, 1.807) is 0 Å². The minimum atomic E-state index is -4.65. The van der Waals surface area contributed by atoms with Gasteiger partial charge in [-0.1, -0.05) is 0 Å². The van der Waals surface area contributed by atoms with E-state index in [4.69, 9.17) is 5.26 Å². The van der Waals surface area contributed by atoms with E-state index in [2.05, 4.69) is 5.32 Å². The van der Waals surface area contributed by atoms with E-state index in [0.29, 0.717) is 22.4 Å². The van der Waals surface area contributed by atoms with Crippen molar-refractivity contribution < 1.29 is 32.6 Å². The first-order valence-electron chi connectivity index (χ1n) is 7.13. The summed E-state index contributed by atoms with van der Waals surface area (Å²) in [6.07, 6.45) is -7.47. The van der Waals surface area contributed by atoms with Gasteiger partial charge in [0.15, 0.2) is 5.82 Å². The van der Waals surface area contributed by atoms with Gasteiger partial charge in [-0.3, -0.25) is 9.59 Å². The minimum absolute atomic E-state index is 0. The van der Waals surface area contributed by atoms with Gasteiger partial charge in [-0.2, -0.15) is 18.4 Å². The maximum atomic E-state index is 13.5. The molecule has 1 saturated heterocycles. The number of thioether (sulfide) groups is 1. The quantitative estimate of drug-likeness (QED) is 0.788. The summed E-state index contributed by atoms with van der Waals surface area (Å²) in [6.45, 7) is -1.11. The van der Waals surface area contributed by atoms with Gasteiger partial charge < -0.3 is 9.88 Å². The molecule has 0 aromatic carbocycles. The lowest BCUT2D eigenvalue weighted by molar-refractivity contribution is -0.171. The molecule has 144 valence electrons. The van der Waals surface area contributed by atoms with Crippen molar-refractivity contribution in [3.8, 4) is 6.07 Å². The normalized spacial score (nSPS) is 23.1. The van der Waals surface area contributed by atoms with Crippen LogP contribution in [0.3, 0.4) is 0 Å². The number of carbonyl (C=O) groups is 1. The van der Waals surface area contributed by atoms with Crippen LogP contribution in [0.2, 0.25) is 0 Å². The highest BCUT2D eigenvalue weighted by atomic mass is 32.2. The number of hydrogen-bond acceptors (Lipinski definition) is 4. The van der Waals surface area contributed by atoms with Gasteiger partial charge in [0, 0.05) is 13.7 Å². The number of anilines is 1. The predicted octanol–water partition coefficient (Wildman–Crippen LogP) is 3.01. The van der Waals surface area contributed by atoms with Gasteiger partial charge in [-0.05, 0) is 6.42 Å². The first kappa shape index (κ1) is 20.2. The molecule has 0 spiro atoms. The van der Waals surface area contributed by atoms with Gasteiger partial charge in [-0.25, -0.2) is 13.2 Å². The molecule has 0 radical (unpaired) electrons. The Bertz CT molecular complexity index is 795. The van der Waals surface area contributed by atoms with Crippen molar-refractivity contribution in [1.82, 2.24) is 4.57 Å². The highest BCUT2D eigenvalue weighted by Crippen LogP contribution is 2.46. The topological polar surface area (TPSA) is 74.9 Å². The lowest BCUT2D eigenvalue weighted by atomic mass is 9.99. The van der Waals surface area contributed by atoms with Crippen molar-refractivity contribution >= 4 is 23.4 Å². The van der Waals surface area contributed by atoms with Gasteiger partial charge in [0.1, 0.15) is 5.25 Å². The summed E-state index contributed by atoms with van der Waals surface area (Å²) in [7, 11) is 0. The molecule has 1 aromatic rings. The molecule has 3 atom stereocenters. The molecule has 1 fully saturated rings. The van der Waals surface area contributed by atoms with Crippen LogP contribution in [-0.4, -0.2) is 33.6 Å². The van der Waals surface area contributed by atoms with Crippen molar-refractivity contribution in [2.75, 3.05) is 5.32 Å². The van der Waals surface area contributed by atoms with Crippen LogP contribution in [0.4, 0.5) is 32.0 Å². The fourth-order valence-electron chi connectivity index (χ4n) is 2.45. The number of aromatic nitrogens is 1. The first-order valence-corrected chi connectivity index (χ1v) is 8.08. The zero-order valence-corrected chi connectivity index (χ0v) is 13.6. The SMILES string of the molecule is N#CC1SC(C(=O)Nc2cc(F)c(=O)n(CC(F)F)c2)CC1C(F)(F)F.[HH]. The van der Waals surface area contributed by atoms with Gasteiger partial charge in [0.05, 0.1) is 29.5 Å². The number of amides is 1. The number of halogens is 6. The first-order chi connectivity index (χ1) is 12.0. The maximum absolute atomic E-state index is 13.5. The zero-order valence-electron chi connectivity index (χ0n) is 12.8. The van der Waals surface area contributed by atoms with E-state index < -0.39 is 59.3 Å². The van der Waals surface area contributed by atoms with Crippen molar-refractivity contribution in [3.63, 3.8) is 0 Å². The summed E-state index contributed by atoms with van der Waals surface area (Å²) in [5.41, 5.74) is -1.67. The number of pyridine rings is 1. The summed E-state index contributed by atoms with van der Waals surface area (Å²) in [4.78, 5) is 23.5. The van der Waals surface area contributed by atoms with Gasteiger partial charge in [-0.15, -0.1) is 11.8 Å². The third-order valence-electron chi connectivity index (χ3n) is 3.63. The zero-order chi connectivity index (χ0) is 19.6. The predicted molar refractivity (Wildman–Crippen MR) is 82.3 cm³/mol. The Morgan fingerprint density at radius 2 is 2.15 bits per heavy atom. The smallest absolute Gasteiger partial charge is 0.324 e. The van der Waals surface area contributed by atoms with Crippen molar-refractivity contribution in [2.24, 2.45) is 5.92 Å². The summed E-state index contributed by atoms with van der Waals surface area (Å²) in [5.74, 6) is -4.33. The standard InChI is InChI=1S/C14H11F6N3O2S.H2/c15-8-1-6(4-23(13(8)25)5-11(16)17)22-12(24)9-2-7(14(18,19)20)10(3-21)26-9;/h1,4,7,9-11H,2,5H2,(H,22,24);1H. The monoisotopic (exact) mass is 401 g/mol. The fourth-order valence-corrected chi connectivity index (χ4v) is 3.82. The van der Waals surface area contributed by atoms with Crippen molar-refractivity contribution in [2.45, 2.75) is 36.1 Å².